The number of hydrogen-bond donors (Lipinski definition) is 0. The molecule has 10 heteroatoms. The highest BCUT2D eigenvalue weighted by atomic mass is 35.5. The number of allylic oxidation sites excluding steroid dienone is 1. The summed E-state index contributed by atoms with van der Waals surface area (Å²) in [4.78, 5) is 33.3. The number of thioether (sulfide) groups is 1. The Morgan fingerprint density at radius 1 is 1.15 bits per heavy atom. The van der Waals surface area contributed by atoms with Crippen LogP contribution in [-0.2, 0) is 9.53 Å². The molecule has 0 saturated heterocycles. The molecule has 0 fully saturated rings. The molecule has 200 valence electrons. The van der Waals surface area contributed by atoms with Gasteiger partial charge in [0.15, 0.2) is 4.80 Å². The number of aromatic nitrogens is 1. The Morgan fingerprint density at radius 2 is 1.90 bits per heavy atom. The van der Waals surface area contributed by atoms with Crippen LogP contribution in [0.25, 0.3) is 17.4 Å². The van der Waals surface area contributed by atoms with E-state index in [1.165, 1.54) is 11.3 Å². The molecule has 6 nitrogen and oxygen atoms in total. The fourth-order valence-electron chi connectivity index (χ4n) is 4.35. The summed E-state index contributed by atoms with van der Waals surface area (Å²) < 4.78 is 13.5. The van der Waals surface area contributed by atoms with E-state index >= 15 is 0 Å². The molecule has 1 aliphatic heterocycles. The summed E-state index contributed by atoms with van der Waals surface area (Å²) in [5, 5.41) is 1.04. The molecule has 5 rings (SSSR count). The maximum absolute atomic E-state index is 13.8. The summed E-state index contributed by atoms with van der Waals surface area (Å²) in [6.07, 6.45) is 3.35. The minimum atomic E-state index is -0.678. The first kappa shape index (κ1) is 27.5. The van der Waals surface area contributed by atoms with Gasteiger partial charge >= 0.3 is 5.97 Å². The molecule has 2 aromatic heterocycles. The van der Waals surface area contributed by atoms with Crippen LogP contribution in [0.1, 0.15) is 38.1 Å². The first-order chi connectivity index (χ1) is 18.7. The third-order valence-electron chi connectivity index (χ3n) is 6.11. The lowest BCUT2D eigenvalue weighted by molar-refractivity contribution is -0.143. The normalized spacial score (nSPS) is 15.5. The fourth-order valence-corrected chi connectivity index (χ4v) is 6.17. The van der Waals surface area contributed by atoms with Crippen LogP contribution in [0.5, 0.6) is 0 Å². The minimum Gasteiger partial charge on any atom is -0.459 e. The van der Waals surface area contributed by atoms with Crippen molar-refractivity contribution in [2.75, 3.05) is 6.26 Å². The zero-order valence-electron chi connectivity index (χ0n) is 21.5. The van der Waals surface area contributed by atoms with Crippen LogP contribution in [0.4, 0.5) is 0 Å². The summed E-state index contributed by atoms with van der Waals surface area (Å²) in [5.74, 6) is 0.513. The van der Waals surface area contributed by atoms with Gasteiger partial charge in [0.1, 0.15) is 11.5 Å². The van der Waals surface area contributed by atoms with Gasteiger partial charge < -0.3 is 9.15 Å². The molecule has 0 N–H and O–H groups in total. The first-order valence-electron chi connectivity index (χ1n) is 12.1. The molecule has 0 spiro atoms. The van der Waals surface area contributed by atoms with Gasteiger partial charge in [0, 0.05) is 21.6 Å². The van der Waals surface area contributed by atoms with Gasteiger partial charge in [0.25, 0.3) is 5.56 Å². The van der Waals surface area contributed by atoms with Crippen LogP contribution < -0.4 is 14.9 Å². The topological polar surface area (TPSA) is 73.8 Å². The van der Waals surface area contributed by atoms with Crippen LogP contribution in [0, 0.1) is 0 Å². The number of esters is 1. The highest BCUT2D eigenvalue weighted by Gasteiger charge is 2.33. The number of carbonyl (C=O) groups is 1. The van der Waals surface area contributed by atoms with E-state index in [9.17, 15) is 9.59 Å². The number of furan rings is 1. The molecule has 1 atom stereocenters. The van der Waals surface area contributed by atoms with Crippen LogP contribution in [0.15, 0.2) is 85.0 Å². The predicted octanol–water partition coefficient (Wildman–Crippen LogP) is 6.48. The van der Waals surface area contributed by atoms with Gasteiger partial charge in [-0.3, -0.25) is 9.36 Å². The zero-order chi connectivity index (χ0) is 27.8. The molecule has 0 amide bonds. The van der Waals surface area contributed by atoms with Crippen molar-refractivity contribution in [1.82, 2.24) is 4.57 Å². The second kappa shape index (κ2) is 11.2. The number of hydrogen-bond acceptors (Lipinski definition) is 7. The molecule has 0 radical (unpaired) electrons. The summed E-state index contributed by atoms with van der Waals surface area (Å²) in [5.41, 5.74) is 2.03. The van der Waals surface area contributed by atoms with Crippen LogP contribution in [0.2, 0.25) is 10.0 Å². The number of thiazole rings is 1. The second-order valence-corrected chi connectivity index (χ2v) is 11.9. The lowest BCUT2D eigenvalue weighted by atomic mass is 9.96. The number of carbonyl (C=O) groups excluding carboxylic acids is 1. The summed E-state index contributed by atoms with van der Waals surface area (Å²) in [6.45, 7) is 5.35. The lowest BCUT2D eigenvalue weighted by Crippen LogP contribution is -2.40. The van der Waals surface area contributed by atoms with Crippen molar-refractivity contribution < 1.29 is 13.9 Å². The average Bonchev–Trinajstić information content (AvgIpc) is 3.48. The summed E-state index contributed by atoms with van der Waals surface area (Å²) in [6, 6.07) is 15.8. The van der Waals surface area contributed by atoms with Crippen molar-refractivity contribution in [3.63, 3.8) is 0 Å². The lowest BCUT2D eigenvalue weighted by Gasteiger charge is -2.25. The molecule has 1 unspecified atom stereocenters. The van der Waals surface area contributed by atoms with Crippen molar-refractivity contribution >= 4 is 58.3 Å². The van der Waals surface area contributed by atoms with Gasteiger partial charge in [0.05, 0.1) is 33.0 Å². The van der Waals surface area contributed by atoms with E-state index in [1.54, 1.807) is 73.5 Å². The van der Waals surface area contributed by atoms with Gasteiger partial charge in [-0.15, -0.1) is 11.8 Å². The smallest absolute Gasteiger partial charge is 0.338 e. The minimum absolute atomic E-state index is 0.279. The third kappa shape index (κ3) is 5.52. The molecule has 0 bridgehead atoms. The Morgan fingerprint density at radius 3 is 2.59 bits per heavy atom. The van der Waals surface area contributed by atoms with E-state index in [0.717, 1.165) is 10.5 Å². The summed E-state index contributed by atoms with van der Waals surface area (Å²) >= 11 is 15.3. The van der Waals surface area contributed by atoms with Gasteiger partial charge in [-0.25, -0.2) is 9.79 Å². The Balaban J connectivity index is 1.63. The zero-order valence-corrected chi connectivity index (χ0v) is 24.7. The molecular formula is C29H24Cl2N2O4S2. The standard InChI is InChI=1S/C29H24Cl2N2O4S2/c1-15(2)36-28(35)25-16(3)32-29-33(26(25)17-5-9-20(38-4)10-6-17)27(34)24(39-29)14-19-8-12-23(37-19)21-13-18(30)7-11-22(21)31/h5-15,26H,1-4H3. The van der Waals surface area contributed by atoms with Crippen LogP contribution in [-0.4, -0.2) is 22.9 Å². The largest absolute Gasteiger partial charge is 0.459 e. The molecule has 3 heterocycles. The number of halogens is 2. The molecule has 4 aromatic rings. The highest BCUT2D eigenvalue weighted by Crippen LogP contribution is 2.33. The number of fused-ring (bicyclic) bond motifs is 1. The maximum Gasteiger partial charge on any atom is 0.338 e. The summed E-state index contributed by atoms with van der Waals surface area (Å²) in [7, 11) is 0. The maximum atomic E-state index is 13.8. The monoisotopic (exact) mass is 598 g/mol. The van der Waals surface area contributed by atoms with Crippen LogP contribution in [0.3, 0.4) is 0 Å². The number of rotatable bonds is 6. The third-order valence-corrected chi connectivity index (χ3v) is 8.40. The molecular weight excluding hydrogens is 575 g/mol. The van der Waals surface area contributed by atoms with E-state index in [2.05, 4.69) is 4.99 Å². The fraction of sp³-hybridized carbons (Fsp3) is 0.207. The number of ether oxygens (including phenoxy) is 1. The Bertz CT molecular complexity index is 1780. The van der Waals surface area contributed by atoms with Crippen molar-refractivity contribution in [2.45, 2.75) is 37.8 Å². The van der Waals surface area contributed by atoms with Gasteiger partial charge in [0.2, 0.25) is 0 Å². The predicted molar refractivity (Wildman–Crippen MR) is 157 cm³/mol. The van der Waals surface area contributed by atoms with Crippen LogP contribution >= 0.6 is 46.3 Å². The average molecular weight is 600 g/mol. The van der Waals surface area contributed by atoms with Gasteiger partial charge in [-0.05, 0) is 75.1 Å². The molecule has 0 saturated carbocycles. The van der Waals surface area contributed by atoms with E-state index in [-0.39, 0.29) is 11.7 Å². The van der Waals surface area contributed by atoms with Crippen molar-refractivity contribution in [2.24, 2.45) is 4.99 Å². The first-order valence-corrected chi connectivity index (χ1v) is 14.9. The number of benzene rings is 2. The van der Waals surface area contributed by atoms with E-state index in [1.807, 2.05) is 30.5 Å². The molecule has 2 aromatic carbocycles. The Hall–Kier alpha value is -3.04. The second-order valence-electron chi connectivity index (χ2n) is 9.14. The quantitative estimate of drug-likeness (QED) is 0.188. The van der Waals surface area contributed by atoms with Gasteiger partial charge in [-0.2, -0.15) is 0 Å². The molecule has 39 heavy (non-hydrogen) atoms. The van der Waals surface area contributed by atoms with E-state index < -0.39 is 12.0 Å². The molecule has 1 aliphatic rings. The highest BCUT2D eigenvalue weighted by molar-refractivity contribution is 7.98. The Kier molecular flexibility index (Phi) is 7.91. The van der Waals surface area contributed by atoms with Crippen molar-refractivity contribution in [1.29, 1.82) is 0 Å². The van der Waals surface area contributed by atoms with Crippen molar-refractivity contribution in [3.8, 4) is 11.3 Å². The van der Waals surface area contributed by atoms with Crippen molar-refractivity contribution in [3.05, 3.63) is 107 Å². The Labute approximate surface area is 243 Å². The van der Waals surface area contributed by atoms with Gasteiger partial charge in [-0.1, -0.05) is 46.7 Å². The molecule has 0 aliphatic carbocycles. The van der Waals surface area contributed by atoms with E-state index in [0.29, 0.717) is 47.7 Å². The number of nitrogens with zero attached hydrogens (tertiary/aromatic N) is 2. The SMILES string of the molecule is CSc1ccc(C2C(C(=O)OC(C)C)=C(C)N=c3sc(=Cc4ccc(-c5cc(Cl)ccc5Cl)o4)c(=O)n32)cc1. The van der Waals surface area contributed by atoms with E-state index in [4.69, 9.17) is 32.4 Å².